The third-order valence-corrected chi connectivity index (χ3v) is 3.01. The van der Waals surface area contributed by atoms with E-state index in [0.717, 1.165) is 16.6 Å². The first-order valence-electron chi connectivity index (χ1n) is 6.42. The smallest absolute Gasteiger partial charge is 0.252 e. The molecule has 2 rings (SSSR count). The van der Waals surface area contributed by atoms with Gasteiger partial charge in [0.05, 0.1) is 30.3 Å². The van der Waals surface area contributed by atoms with Gasteiger partial charge in [-0.1, -0.05) is 18.2 Å². The van der Waals surface area contributed by atoms with Crippen LogP contribution < -0.4 is 5.32 Å². The van der Waals surface area contributed by atoms with Crippen molar-refractivity contribution in [2.45, 2.75) is 13.0 Å². The van der Waals surface area contributed by atoms with Gasteiger partial charge in [-0.15, -0.1) is 0 Å². The highest BCUT2D eigenvalue weighted by molar-refractivity contribution is 6.06. The molecule has 2 aromatic rings. The van der Waals surface area contributed by atoms with E-state index in [0.29, 0.717) is 5.56 Å². The minimum absolute atomic E-state index is 0.165. The molecule has 5 nitrogen and oxygen atoms in total. The summed E-state index contributed by atoms with van der Waals surface area (Å²) < 4.78 is 4.96. The van der Waals surface area contributed by atoms with Crippen LogP contribution in [0.25, 0.3) is 10.9 Å². The van der Waals surface area contributed by atoms with E-state index >= 15 is 0 Å². The molecule has 106 valence electrons. The van der Waals surface area contributed by atoms with E-state index in [1.165, 1.54) is 7.11 Å². The molecule has 0 saturated carbocycles. The molecule has 0 radical (unpaired) electrons. The molecular weight excluding hydrogens is 256 g/mol. The Balaban J connectivity index is 2.34. The van der Waals surface area contributed by atoms with Crippen LogP contribution in [0.4, 0.5) is 0 Å². The maximum absolute atomic E-state index is 12.3. The number of carbonyl (C=O) groups is 1. The standard InChI is InChI=1S/C15H18N2O3/c1-10-7-13(12-5-3-4-6-14(12)16-10)15(19)17-11(8-18)9-20-2/h3-7,11,18H,8-9H2,1-2H3,(H,17,19). The number of aryl methyl sites for hydroxylation is 1. The number of hydrogen-bond donors (Lipinski definition) is 2. The van der Waals surface area contributed by atoms with Crippen LogP contribution in [0, 0.1) is 6.92 Å². The Morgan fingerprint density at radius 3 is 2.90 bits per heavy atom. The van der Waals surface area contributed by atoms with Crippen LogP contribution in [0.1, 0.15) is 16.1 Å². The van der Waals surface area contributed by atoms with Crippen LogP contribution in [-0.2, 0) is 4.74 Å². The first-order chi connectivity index (χ1) is 9.65. The molecule has 0 fully saturated rings. The van der Waals surface area contributed by atoms with Gasteiger partial charge in [-0.2, -0.15) is 0 Å². The molecule has 20 heavy (non-hydrogen) atoms. The minimum Gasteiger partial charge on any atom is -0.394 e. The summed E-state index contributed by atoms with van der Waals surface area (Å²) >= 11 is 0. The fourth-order valence-corrected chi connectivity index (χ4v) is 2.10. The molecule has 1 unspecified atom stereocenters. The fourth-order valence-electron chi connectivity index (χ4n) is 2.10. The summed E-state index contributed by atoms with van der Waals surface area (Å²) in [5, 5.41) is 12.8. The van der Waals surface area contributed by atoms with Crippen LogP contribution >= 0.6 is 0 Å². The molecule has 1 aromatic carbocycles. The van der Waals surface area contributed by atoms with Crippen molar-refractivity contribution in [2.24, 2.45) is 0 Å². The average Bonchev–Trinajstić information content (AvgIpc) is 2.45. The zero-order chi connectivity index (χ0) is 14.5. The summed E-state index contributed by atoms with van der Waals surface area (Å²) in [5.41, 5.74) is 2.12. The summed E-state index contributed by atoms with van der Waals surface area (Å²) in [4.78, 5) is 16.7. The minimum atomic E-state index is -0.417. The van der Waals surface area contributed by atoms with Crippen molar-refractivity contribution in [1.29, 1.82) is 0 Å². The monoisotopic (exact) mass is 274 g/mol. The van der Waals surface area contributed by atoms with Crippen molar-refractivity contribution in [2.75, 3.05) is 20.3 Å². The molecule has 1 aromatic heterocycles. The van der Waals surface area contributed by atoms with Gasteiger partial charge in [0, 0.05) is 18.2 Å². The lowest BCUT2D eigenvalue weighted by molar-refractivity contribution is 0.0841. The highest BCUT2D eigenvalue weighted by Crippen LogP contribution is 2.18. The van der Waals surface area contributed by atoms with Crippen molar-refractivity contribution >= 4 is 16.8 Å². The van der Waals surface area contributed by atoms with Gasteiger partial charge in [0.25, 0.3) is 5.91 Å². The number of carbonyl (C=O) groups excluding carboxylic acids is 1. The van der Waals surface area contributed by atoms with Gasteiger partial charge in [-0.3, -0.25) is 9.78 Å². The van der Waals surface area contributed by atoms with Crippen LogP contribution in [0.15, 0.2) is 30.3 Å². The van der Waals surface area contributed by atoms with Gasteiger partial charge in [0.1, 0.15) is 0 Å². The van der Waals surface area contributed by atoms with Crippen LogP contribution in [0.2, 0.25) is 0 Å². The van der Waals surface area contributed by atoms with Crippen LogP contribution in [-0.4, -0.2) is 42.4 Å². The van der Waals surface area contributed by atoms with Crippen molar-refractivity contribution in [1.82, 2.24) is 10.3 Å². The number of rotatable bonds is 5. The molecular formula is C15H18N2O3. The molecule has 0 aliphatic heterocycles. The molecule has 5 heteroatoms. The predicted molar refractivity (Wildman–Crippen MR) is 76.7 cm³/mol. The average molecular weight is 274 g/mol. The second-order valence-corrected chi connectivity index (χ2v) is 4.64. The number of hydrogen-bond acceptors (Lipinski definition) is 4. The number of benzene rings is 1. The van der Waals surface area contributed by atoms with E-state index in [1.807, 2.05) is 31.2 Å². The van der Waals surface area contributed by atoms with Gasteiger partial charge in [0.15, 0.2) is 0 Å². The predicted octanol–water partition coefficient (Wildman–Crippen LogP) is 1.28. The topological polar surface area (TPSA) is 71.5 Å². The Bertz CT molecular complexity index is 613. The lowest BCUT2D eigenvalue weighted by atomic mass is 10.1. The number of nitrogens with one attached hydrogen (secondary N) is 1. The Morgan fingerprint density at radius 2 is 2.20 bits per heavy atom. The number of pyridine rings is 1. The summed E-state index contributed by atoms with van der Waals surface area (Å²) in [5.74, 6) is -0.234. The largest absolute Gasteiger partial charge is 0.394 e. The Kier molecular flexibility index (Phi) is 4.65. The Labute approximate surface area is 117 Å². The number of methoxy groups -OCH3 is 1. The van der Waals surface area contributed by atoms with Gasteiger partial charge < -0.3 is 15.2 Å². The zero-order valence-electron chi connectivity index (χ0n) is 11.6. The van der Waals surface area contributed by atoms with Gasteiger partial charge >= 0.3 is 0 Å². The van der Waals surface area contributed by atoms with Gasteiger partial charge in [-0.25, -0.2) is 0 Å². The SMILES string of the molecule is COCC(CO)NC(=O)c1cc(C)nc2ccccc12. The van der Waals surface area contributed by atoms with E-state index < -0.39 is 6.04 Å². The number of aliphatic hydroxyl groups is 1. The molecule has 1 heterocycles. The Hall–Kier alpha value is -1.98. The van der Waals surface area contributed by atoms with E-state index in [2.05, 4.69) is 10.3 Å². The second-order valence-electron chi connectivity index (χ2n) is 4.64. The zero-order valence-corrected chi connectivity index (χ0v) is 11.6. The summed E-state index contributed by atoms with van der Waals surface area (Å²) in [6, 6.07) is 8.82. The highest BCUT2D eigenvalue weighted by Gasteiger charge is 2.16. The number of aromatic nitrogens is 1. The van der Waals surface area contributed by atoms with Crippen molar-refractivity contribution in [3.63, 3.8) is 0 Å². The second kappa shape index (κ2) is 6.45. The molecule has 0 saturated heterocycles. The van der Waals surface area contributed by atoms with Crippen molar-refractivity contribution < 1.29 is 14.6 Å². The molecule has 2 N–H and O–H groups in total. The van der Waals surface area contributed by atoms with E-state index in [1.54, 1.807) is 6.07 Å². The maximum Gasteiger partial charge on any atom is 0.252 e. The fraction of sp³-hybridized carbons (Fsp3) is 0.333. The van der Waals surface area contributed by atoms with Gasteiger partial charge in [0.2, 0.25) is 0 Å². The first-order valence-corrected chi connectivity index (χ1v) is 6.42. The summed E-state index contributed by atoms with van der Waals surface area (Å²) in [7, 11) is 1.53. The molecule has 0 bridgehead atoms. The molecule has 0 spiro atoms. The summed E-state index contributed by atoms with van der Waals surface area (Å²) in [6.07, 6.45) is 0. The summed E-state index contributed by atoms with van der Waals surface area (Å²) in [6.45, 7) is 1.95. The number of nitrogens with zero attached hydrogens (tertiary/aromatic N) is 1. The van der Waals surface area contributed by atoms with E-state index in [-0.39, 0.29) is 19.1 Å². The highest BCUT2D eigenvalue weighted by atomic mass is 16.5. The van der Waals surface area contributed by atoms with Crippen LogP contribution in [0.5, 0.6) is 0 Å². The molecule has 1 amide bonds. The van der Waals surface area contributed by atoms with Crippen molar-refractivity contribution in [3.8, 4) is 0 Å². The quantitative estimate of drug-likeness (QED) is 0.861. The Morgan fingerprint density at radius 1 is 1.45 bits per heavy atom. The third-order valence-electron chi connectivity index (χ3n) is 3.01. The third kappa shape index (κ3) is 3.12. The number of ether oxygens (including phenoxy) is 1. The van der Waals surface area contributed by atoms with Crippen LogP contribution in [0.3, 0.4) is 0 Å². The van der Waals surface area contributed by atoms with Crippen molar-refractivity contribution in [3.05, 3.63) is 41.6 Å². The van der Waals surface area contributed by atoms with Gasteiger partial charge in [-0.05, 0) is 19.1 Å². The molecule has 0 aliphatic carbocycles. The lowest BCUT2D eigenvalue weighted by Crippen LogP contribution is -2.40. The normalized spacial score (nSPS) is 12.3. The van der Waals surface area contributed by atoms with E-state index in [4.69, 9.17) is 4.74 Å². The number of fused-ring (bicyclic) bond motifs is 1. The molecule has 1 atom stereocenters. The lowest BCUT2D eigenvalue weighted by Gasteiger charge is -2.16. The molecule has 0 aliphatic rings. The first kappa shape index (κ1) is 14.4. The van der Waals surface area contributed by atoms with E-state index in [9.17, 15) is 9.90 Å². The maximum atomic E-state index is 12.3. The number of amides is 1. The number of aliphatic hydroxyl groups excluding tert-OH is 1. The number of para-hydroxylation sites is 1.